The standard InChI is InChI=1S/C17H27NO/c1-4-17(18-3)14-8-6-10-16(12-14)19-15-9-5-7-13(2)11-15/h6,8,10,12-13,15,17-18H,4-5,7,9,11H2,1-3H3. The minimum absolute atomic E-state index is 0.411. The number of hydrogen-bond donors (Lipinski definition) is 1. The van der Waals surface area contributed by atoms with Crippen LogP contribution in [0.2, 0.25) is 0 Å². The maximum absolute atomic E-state index is 6.18. The summed E-state index contributed by atoms with van der Waals surface area (Å²) in [6, 6.07) is 9.00. The average molecular weight is 261 g/mol. The molecule has 0 amide bonds. The number of benzene rings is 1. The summed E-state index contributed by atoms with van der Waals surface area (Å²) in [6.07, 6.45) is 6.58. The molecule has 106 valence electrons. The van der Waals surface area contributed by atoms with Gasteiger partial charge in [-0.25, -0.2) is 0 Å². The molecule has 1 saturated carbocycles. The van der Waals surface area contributed by atoms with Crippen molar-refractivity contribution in [1.29, 1.82) is 0 Å². The first-order valence-electron chi connectivity index (χ1n) is 7.66. The molecule has 0 aliphatic heterocycles. The number of hydrogen-bond acceptors (Lipinski definition) is 2. The second kappa shape index (κ2) is 6.95. The highest BCUT2D eigenvalue weighted by Gasteiger charge is 2.20. The predicted octanol–water partition coefficient (Wildman–Crippen LogP) is 4.31. The summed E-state index contributed by atoms with van der Waals surface area (Å²) in [6.45, 7) is 4.54. The van der Waals surface area contributed by atoms with Crippen LogP contribution in [0.15, 0.2) is 24.3 Å². The van der Waals surface area contributed by atoms with Crippen molar-refractivity contribution in [3.05, 3.63) is 29.8 Å². The van der Waals surface area contributed by atoms with Gasteiger partial charge in [0, 0.05) is 6.04 Å². The van der Waals surface area contributed by atoms with Crippen molar-refractivity contribution in [2.24, 2.45) is 5.92 Å². The molecule has 0 aromatic heterocycles. The first-order valence-corrected chi connectivity index (χ1v) is 7.66. The van der Waals surface area contributed by atoms with Crippen molar-refractivity contribution >= 4 is 0 Å². The van der Waals surface area contributed by atoms with Crippen molar-refractivity contribution < 1.29 is 4.74 Å². The van der Waals surface area contributed by atoms with Crippen molar-refractivity contribution in [3.8, 4) is 5.75 Å². The van der Waals surface area contributed by atoms with Gasteiger partial charge >= 0.3 is 0 Å². The second-order valence-electron chi connectivity index (χ2n) is 5.83. The smallest absolute Gasteiger partial charge is 0.120 e. The lowest BCUT2D eigenvalue weighted by Gasteiger charge is -2.27. The minimum Gasteiger partial charge on any atom is -0.490 e. The van der Waals surface area contributed by atoms with E-state index in [1.807, 2.05) is 7.05 Å². The van der Waals surface area contributed by atoms with E-state index >= 15 is 0 Å². The number of nitrogens with one attached hydrogen (secondary N) is 1. The first-order chi connectivity index (χ1) is 9.22. The van der Waals surface area contributed by atoms with Crippen LogP contribution in [-0.2, 0) is 0 Å². The maximum atomic E-state index is 6.18. The summed E-state index contributed by atoms with van der Waals surface area (Å²) in [7, 11) is 2.02. The molecule has 1 N–H and O–H groups in total. The molecule has 3 unspecified atom stereocenters. The first kappa shape index (κ1) is 14.4. The molecular weight excluding hydrogens is 234 g/mol. The Morgan fingerprint density at radius 2 is 2.21 bits per heavy atom. The van der Waals surface area contributed by atoms with E-state index < -0.39 is 0 Å². The van der Waals surface area contributed by atoms with Gasteiger partial charge in [-0.2, -0.15) is 0 Å². The highest BCUT2D eigenvalue weighted by atomic mass is 16.5. The Kier molecular flexibility index (Phi) is 5.26. The highest BCUT2D eigenvalue weighted by molar-refractivity contribution is 5.30. The van der Waals surface area contributed by atoms with Crippen LogP contribution in [0.5, 0.6) is 5.75 Å². The third kappa shape index (κ3) is 3.97. The second-order valence-corrected chi connectivity index (χ2v) is 5.83. The Morgan fingerprint density at radius 3 is 2.89 bits per heavy atom. The molecule has 2 heteroatoms. The van der Waals surface area contributed by atoms with Gasteiger partial charge in [0.05, 0.1) is 6.10 Å². The predicted molar refractivity (Wildman–Crippen MR) is 80.6 cm³/mol. The van der Waals surface area contributed by atoms with E-state index in [2.05, 4.69) is 43.4 Å². The molecular formula is C17H27NO. The molecule has 0 radical (unpaired) electrons. The molecule has 0 saturated heterocycles. The van der Waals surface area contributed by atoms with Gasteiger partial charge in [-0.15, -0.1) is 0 Å². The lowest BCUT2D eigenvalue weighted by Crippen LogP contribution is -2.24. The van der Waals surface area contributed by atoms with Crippen LogP contribution in [0, 0.1) is 5.92 Å². The highest BCUT2D eigenvalue weighted by Crippen LogP contribution is 2.28. The molecule has 1 aromatic carbocycles. The minimum atomic E-state index is 0.411. The Morgan fingerprint density at radius 1 is 1.37 bits per heavy atom. The SMILES string of the molecule is CCC(NC)c1cccc(OC2CCCC(C)C2)c1. The van der Waals surface area contributed by atoms with Gasteiger partial charge in [0.25, 0.3) is 0 Å². The molecule has 0 spiro atoms. The molecule has 1 aromatic rings. The fraction of sp³-hybridized carbons (Fsp3) is 0.647. The number of ether oxygens (including phenoxy) is 1. The lowest BCUT2D eigenvalue weighted by atomic mass is 9.89. The van der Waals surface area contributed by atoms with E-state index in [-0.39, 0.29) is 0 Å². The van der Waals surface area contributed by atoms with Crippen LogP contribution < -0.4 is 10.1 Å². The third-order valence-corrected chi connectivity index (χ3v) is 4.21. The Bertz CT molecular complexity index is 387. The zero-order valence-corrected chi connectivity index (χ0v) is 12.5. The molecule has 3 atom stereocenters. The van der Waals surface area contributed by atoms with Gasteiger partial charge in [0.1, 0.15) is 5.75 Å². The molecule has 0 bridgehead atoms. The van der Waals surface area contributed by atoms with Crippen molar-refractivity contribution in [2.45, 2.75) is 58.1 Å². The summed E-state index contributed by atoms with van der Waals surface area (Å²) in [5.74, 6) is 1.84. The Hall–Kier alpha value is -1.02. The van der Waals surface area contributed by atoms with E-state index in [4.69, 9.17) is 4.74 Å². The van der Waals surface area contributed by atoms with E-state index in [1.54, 1.807) is 0 Å². The van der Waals surface area contributed by atoms with Crippen LogP contribution in [0.3, 0.4) is 0 Å². The molecule has 1 aliphatic carbocycles. The van der Waals surface area contributed by atoms with E-state index in [0.29, 0.717) is 12.1 Å². The van der Waals surface area contributed by atoms with Gasteiger partial charge in [-0.05, 0) is 56.3 Å². The van der Waals surface area contributed by atoms with Crippen LogP contribution >= 0.6 is 0 Å². The monoisotopic (exact) mass is 261 g/mol. The fourth-order valence-electron chi connectivity index (χ4n) is 3.09. The largest absolute Gasteiger partial charge is 0.490 e. The topological polar surface area (TPSA) is 21.3 Å². The molecule has 1 fully saturated rings. The quantitative estimate of drug-likeness (QED) is 0.852. The molecule has 2 rings (SSSR count). The van der Waals surface area contributed by atoms with Gasteiger partial charge in [0.2, 0.25) is 0 Å². The van der Waals surface area contributed by atoms with Gasteiger partial charge in [-0.1, -0.05) is 32.4 Å². The van der Waals surface area contributed by atoms with Crippen LogP contribution in [0.25, 0.3) is 0 Å². The van der Waals surface area contributed by atoms with Crippen molar-refractivity contribution in [2.75, 3.05) is 7.05 Å². The van der Waals surface area contributed by atoms with Crippen molar-refractivity contribution in [1.82, 2.24) is 5.32 Å². The number of rotatable bonds is 5. The summed E-state index contributed by atoms with van der Waals surface area (Å²) in [4.78, 5) is 0. The zero-order chi connectivity index (χ0) is 13.7. The summed E-state index contributed by atoms with van der Waals surface area (Å²) >= 11 is 0. The van der Waals surface area contributed by atoms with Crippen LogP contribution in [0.4, 0.5) is 0 Å². The van der Waals surface area contributed by atoms with Gasteiger partial charge in [0.15, 0.2) is 0 Å². The van der Waals surface area contributed by atoms with Gasteiger partial charge in [-0.3, -0.25) is 0 Å². The summed E-state index contributed by atoms with van der Waals surface area (Å²) in [5.41, 5.74) is 1.33. The lowest BCUT2D eigenvalue weighted by molar-refractivity contribution is 0.129. The third-order valence-electron chi connectivity index (χ3n) is 4.21. The maximum Gasteiger partial charge on any atom is 0.120 e. The fourth-order valence-corrected chi connectivity index (χ4v) is 3.09. The molecule has 19 heavy (non-hydrogen) atoms. The Balaban J connectivity index is 2.02. The summed E-state index contributed by atoms with van der Waals surface area (Å²) in [5, 5.41) is 3.35. The van der Waals surface area contributed by atoms with Crippen molar-refractivity contribution in [3.63, 3.8) is 0 Å². The summed E-state index contributed by atoms with van der Waals surface area (Å²) < 4.78 is 6.18. The van der Waals surface area contributed by atoms with E-state index in [1.165, 1.54) is 31.2 Å². The van der Waals surface area contributed by atoms with E-state index in [9.17, 15) is 0 Å². The van der Waals surface area contributed by atoms with Crippen LogP contribution in [-0.4, -0.2) is 13.2 Å². The zero-order valence-electron chi connectivity index (χ0n) is 12.5. The molecule has 2 nitrogen and oxygen atoms in total. The normalized spacial score (nSPS) is 25.0. The van der Waals surface area contributed by atoms with Crippen LogP contribution in [0.1, 0.15) is 57.6 Å². The molecule has 0 heterocycles. The van der Waals surface area contributed by atoms with Gasteiger partial charge < -0.3 is 10.1 Å². The Labute approximate surface area is 117 Å². The molecule has 1 aliphatic rings. The average Bonchev–Trinajstić information content (AvgIpc) is 2.41. The van der Waals surface area contributed by atoms with E-state index in [0.717, 1.165) is 18.1 Å².